The standard InChI is InChI=1S/C21H18N4S/c22-13-7-15-26-21(18-10-5-2-6-11-18)20(17-8-3-1-4-9-17)25-14-12-19(16-23)24-25/h1-6,8-11H,7,12,14-15H2. The third kappa shape index (κ3) is 4.14. The highest BCUT2D eigenvalue weighted by Gasteiger charge is 2.23. The molecule has 128 valence electrons. The molecule has 0 atom stereocenters. The van der Waals surface area contributed by atoms with Gasteiger partial charge in [-0.05, 0) is 5.56 Å². The van der Waals surface area contributed by atoms with Crippen LogP contribution in [0.2, 0.25) is 0 Å². The molecule has 26 heavy (non-hydrogen) atoms. The summed E-state index contributed by atoms with van der Waals surface area (Å²) in [4.78, 5) is 1.08. The van der Waals surface area contributed by atoms with Crippen molar-refractivity contribution in [2.45, 2.75) is 12.8 Å². The fourth-order valence-electron chi connectivity index (χ4n) is 2.77. The van der Waals surface area contributed by atoms with Gasteiger partial charge in [0.15, 0.2) is 0 Å². The molecule has 0 amide bonds. The number of hydrazone groups is 1. The first-order valence-electron chi connectivity index (χ1n) is 8.43. The number of hydrogen-bond donors (Lipinski definition) is 0. The minimum atomic E-state index is 0.482. The van der Waals surface area contributed by atoms with Gasteiger partial charge < -0.3 is 0 Å². The van der Waals surface area contributed by atoms with Crippen LogP contribution in [0.1, 0.15) is 24.0 Å². The number of thioether (sulfide) groups is 1. The minimum absolute atomic E-state index is 0.482. The van der Waals surface area contributed by atoms with Gasteiger partial charge in [-0.25, -0.2) is 0 Å². The second-order valence-electron chi connectivity index (χ2n) is 5.70. The summed E-state index contributed by atoms with van der Waals surface area (Å²) in [6.07, 6.45) is 1.13. The summed E-state index contributed by atoms with van der Waals surface area (Å²) in [5.41, 5.74) is 3.69. The lowest BCUT2D eigenvalue weighted by Gasteiger charge is -2.23. The Kier molecular flexibility index (Phi) is 6.09. The molecule has 0 N–H and O–H groups in total. The molecule has 1 aliphatic heterocycles. The normalized spacial score (nSPS) is 14.2. The molecule has 2 aromatic rings. The molecule has 0 fully saturated rings. The quantitative estimate of drug-likeness (QED) is 0.552. The van der Waals surface area contributed by atoms with E-state index >= 15 is 0 Å². The van der Waals surface area contributed by atoms with Gasteiger partial charge >= 0.3 is 0 Å². The van der Waals surface area contributed by atoms with Gasteiger partial charge in [0.1, 0.15) is 11.8 Å². The maximum Gasteiger partial charge on any atom is 0.140 e. The number of nitrogens with zero attached hydrogens (tertiary/aromatic N) is 4. The summed E-state index contributed by atoms with van der Waals surface area (Å²) in [6, 6.07) is 24.6. The van der Waals surface area contributed by atoms with Crippen molar-refractivity contribution >= 4 is 28.1 Å². The van der Waals surface area contributed by atoms with E-state index in [1.807, 2.05) is 41.4 Å². The predicted octanol–water partition coefficient (Wildman–Crippen LogP) is 4.74. The Balaban J connectivity index is 2.14. The van der Waals surface area contributed by atoms with Crippen molar-refractivity contribution in [1.82, 2.24) is 5.01 Å². The van der Waals surface area contributed by atoms with Crippen molar-refractivity contribution < 1.29 is 0 Å². The van der Waals surface area contributed by atoms with Crippen LogP contribution in [0.15, 0.2) is 65.8 Å². The Labute approximate surface area is 158 Å². The zero-order valence-electron chi connectivity index (χ0n) is 14.3. The highest BCUT2D eigenvalue weighted by molar-refractivity contribution is 8.08. The van der Waals surface area contributed by atoms with Crippen LogP contribution in [0, 0.1) is 22.7 Å². The molecular formula is C21H18N4S. The van der Waals surface area contributed by atoms with Crippen molar-refractivity contribution in [2.24, 2.45) is 5.10 Å². The largest absolute Gasteiger partial charge is 0.262 e. The zero-order chi connectivity index (χ0) is 18.2. The highest BCUT2D eigenvalue weighted by atomic mass is 32.2. The highest BCUT2D eigenvalue weighted by Crippen LogP contribution is 2.38. The zero-order valence-corrected chi connectivity index (χ0v) is 15.1. The first-order chi connectivity index (χ1) is 12.8. The van der Waals surface area contributed by atoms with Crippen molar-refractivity contribution in [1.29, 1.82) is 10.5 Å². The molecule has 3 rings (SSSR count). The SMILES string of the molecule is N#CCCSC(=C(c1ccccc1)N1CCC(C#N)=N1)c1ccccc1. The summed E-state index contributed by atoms with van der Waals surface area (Å²) in [5, 5.41) is 24.6. The summed E-state index contributed by atoms with van der Waals surface area (Å²) < 4.78 is 0. The van der Waals surface area contributed by atoms with Gasteiger partial charge in [0.05, 0.1) is 11.8 Å². The summed E-state index contributed by atoms with van der Waals surface area (Å²) in [6.45, 7) is 0.683. The molecule has 5 heteroatoms. The van der Waals surface area contributed by atoms with Crippen molar-refractivity contribution in [2.75, 3.05) is 12.3 Å². The van der Waals surface area contributed by atoms with Gasteiger partial charge in [0.25, 0.3) is 0 Å². The monoisotopic (exact) mass is 358 g/mol. The van der Waals surface area contributed by atoms with E-state index in [4.69, 9.17) is 5.26 Å². The minimum Gasteiger partial charge on any atom is -0.262 e. The third-order valence-electron chi connectivity index (χ3n) is 3.95. The molecule has 2 aromatic carbocycles. The number of hydrogen-bond acceptors (Lipinski definition) is 5. The van der Waals surface area contributed by atoms with Crippen LogP contribution in [0.4, 0.5) is 0 Å². The van der Waals surface area contributed by atoms with E-state index in [1.54, 1.807) is 11.8 Å². The molecule has 0 bridgehead atoms. The Morgan fingerprint density at radius 2 is 1.65 bits per heavy atom. The lowest BCUT2D eigenvalue weighted by Crippen LogP contribution is -2.14. The Morgan fingerprint density at radius 1 is 1.00 bits per heavy atom. The van der Waals surface area contributed by atoms with Crippen LogP contribution in [0.3, 0.4) is 0 Å². The van der Waals surface area contributed by atoms with E-state index in [-0.39, 0.29) is 0 Å². The number of benzene rings is 2. The van der Waals surface area contributed by atoms with Crippen LogP contribution >= 0.6 is 11.8 Å². The van der Waals surface area contributed by atoms with Gasteiger partial charge in [-0.15, -0.1) is 11.8 Å². The van der Waals surface area contributed by atoms with Crippen LogP contribution < -0.4 is 0 Å². The number of nitriles is 2. The topological polar surface area (TPSA) is 63.2 Å². The smallest absolute Gasteiger partial charge is 0.140 e. The predicted molar refractivity (Wildman–Crippen MR) is 107 cm³/mol. The summed E-state index contributed by atoms with van der Waals surface area (Å²) >= 11 is 1.66. The molecule has 0 unspecified atom stereocenters. The molecule has 0 saturated carbocycles. The number of rotatable bonds is 6. The molecule has 0 saturated heterocycles. The second kappa shape index (κ2) is 8.89. The average molecular weight is 358 g/mol. The lowest BCUT2D eigenvalue weighted by atomic mass is 10.1. The summed E-state index contributed by atoms with van der Waals surface area (Å²) in [5.74, 6) is 0.708. The Morgan fingerprint density at radius 3 is 2.23 bits per heavy atom. The maximum atomic E-state index is 9.20. The van der Waals surface area contributed by atoms with Gasteiger partial charge in [0, 0.05) is 35.6 Å². The van der Waals surface area contributed by atoms with Crippen molar-refractivity contribution in [3.05, 3.63) is 71.8 Å². The van der Waals surface area contributed by atoms with Crippen LogP contribution in [-0.2, 0) is 0 Å². The van der Waals surface area contributed by atoms with Gasteiger partial charge in [0.2, 0.25) is 0 Å². The fraction of sp³-hybridized carbons (Fsp3) is 0.190. The maximum absolute atomic E-state index is 9.20. The third-order valence-corrected chi connectivity index (χ3v) is 5.07. The average Bonchev–Trinajstić information content (AvgIpc) is 3.17. The summed E-state index contributed by atoms with van der Waals surface area (Å²) in [7, 11) is 0. The van der Waals surface area contributed by atoms with Crippen LogP contribution in [-0.4, -0.2) is 23.0 Å². The molecule has 4 nitrogen and oxygen atoms in total. The van der Waals surface area contributed by atoms with E-state index in [0.717, 1.165) is 21.7 Å². The molecule has 0 radical (unpaired) electrons. The van der Waals surface area contributed by atoms with E-state index in [0.29, 0.717) is 30.9 Å². The first-order valence-corrected chi connectivity index (χ1v) is 9.42. The molecule has 0 aromatic heterocycles. The van der Waals surface area contributed by atoms with E-state index in [2.05, 4.69) is 41.5 Å². The van der Waals surface area contributed by atoms with Crippen molar-refractivity contribution in [3.8, 4) is 12.1 Å². The molecule has 1 heterocycles. The molecule has 0 aliphatic carbocycles. The molecular weight excluding hydrogens is 340 g/mol. The van der Waals surface area contributed by atoms with E-state index in [9.17, 15) is 5.26 Å². The van der Waals surface area contributed by atoms with E-state index < -0.39 is 0 Å². The Hall–Kier alpha value is -3.02. The van der Waals surface area contributed by atoms with E-state index in [1.165, 1.54) is 0 Å². The van der Waals surface area contributed by atoms with Crippen LogP contribution in [0.25, 0.3) is 10.6 Å². The molecule has 0 spiro atoms. The lowest BCUT2D eigenvalue weighted by molar-refractivity contribution is 0.467. The van der Waals surface area contributed by atoms with Crippen LogP contribution in [0.5, 0.6) is 0 Å². The van der Waals surface area contributed by atoms with Gasteiger partial charge in [-0.2, -0.15) is 15.6 Å². The van der Waals surface area contributed by atoms with Gasteiger partial charge in [-0.3, -0.25) is 5.01 Å². The first kappa shape index (κ1) is 17.8. The van der Waals surface area contributed by atoms with Gasteiger partial charge in [-0.1, -0.05) is 60.7 Å². The fourth-order valence-corrected chi connectivity index (χ4v) is 3.83. The Bertz CT molecular complexity index is 889. The van der Waals surface area contributed by atoms with Crippen molar-refractivity contribution in [3.63, 3.8) is 0 Å². The second-order valence-corrected chi connectivity index (χ2v) is 6.80. The molecule has 1 aliphatic rings.